The van der Waals surface area contributed by atoms with Gasteiger partial charge in [0.15, 0.2) is 17.2 Å². The van der Waals surface area contributed by atoms with Gasteiger partial charge in [0.25, 0.3) is 5.91 Å². The Morgan fingerprint density at radius 2 is 1.97 bits per heavy atom. The number of aromatic hydroxyl groups is 1. The largest absolute Gasteiger partial charge is 0.505 e. The van der Waals surface area contributed by atoms with E-state index in [1.807, 2.05) is 25.1 Å². The van der Waals surface area contributed by atoms with Gasteiger partial charge in [-0.3, -0.25) is 9.59 Å². The van der Waals surface area contributed by atoms with Gasteiger partial charge >= 0.3 is 0 Å². The number of hydrogen-bond acceptors (Lipinski definition) is 8. The number of likely N-dealkylation sites (N-methyl/N-ethyl adjacent to an activating group) is 1. The molecule has 0 spiro atoms. The van der Waals surface area contributed by atoms with E-state index in [1.54, 1.807) is 26.2 Å². The summed E-state index contributed by atoms with van der Waals surface area (Å²) < 4.78 is 10.9. The fraction of sp³-hybridized carbons (Fsp3) is 0.417. The van der Waals surface area contributed by atoms with Crippen molar-refractivity contribution in [2.45, 2.75) is 37.7 Å². The Morgan fingerprint density at radius 3 is 2.68 bits per heavy atom. The molecule has 2 aliphatic heterocycles. The van der Waals surface area contributed by atoms with Crippen LogP contribution in [-0.2, 0) is 4.79 Å². The second-order valence-electron chi connectivity index (χ2n) is 8.65. The Hall–Kier alpha value is -3.50. The van der Waals surface area contributed by atoms with Gasteiger partial charge in [-0.1, -0.05) is 19.1 Å². The fourth-order valence-electron chi connectivity index (χ4n) is 4.30. The molecule has 1 saturated heterocycles. The molecule has 4 N–H and O–H groups in total. The first-order valence-electron chi connectivity index (χ1n) is 11.1. The Kier molecular flexibility index (Phi) is 6.54. The van der Waals surface area contributed by atoms with Crippen LogP contribution < -0.4 is 20.1 Å². The predicted octanol–water partition coefficient (Wildman–Crippen LogP) is 1.50. The topological polar surface area (TPSA) is 124 Å². The number of nitrogens with zero attached hydrogens (tertiary/aromatic N) is 2. The number of likely N-dealkylation sites (tertiary alicyclic amines) is 1. The average molecular weight is 471 g/mol. The summed E-state index contributed by atoms with van der Waals surface area (Å²) >= 11 is 0. The van der Waals surface area contributed by atoms with Crippen molar-refractivity contribution < 1.29 is 29.3 Å². The van der Waals surface area contributed by atoms with Gasteiger partial charge in [0, 0.05) is 27.2 Å². The van der Waals surface area contributed by atoms with E-state index in [9.17, 15) is 19.8 Å². The molecule has 182 valence electrons. The maximum absolute atomic E-state index is 13.0. The van der Waals surface area contributed by atoms with E-state index < -0.39 is 18.3 Å². The fourth-order valence-corrected chi connectivity index (χ4v) is 4.30. The van der Waals surface area contributed by atoms with Crippen LogP contribution in [0.15, 0.2) is 36.4 Å². The average Bonchev–Trinajstić information content (AvgIpc) is 3.37. The maximum atomic E-state index is 13.0. The Bertz CT molecular complexity index is 1090. The van der Waals surface area contributed by atoms with Crippen LogP contribution >= 0.6 is 0 Å². The van der Waals surface area contributed by atoms with Crippen molar-refractivity contribution in [3.05, 3.63) is 47.5 Å². The molecule has 2 heterocycles. The Balaban J connectivity index is 1.60. The number of ether oxygens (including phenoxy) is 2. The summed E-state index contributed by atoms with van der Waals surface area (Å²) in [4.78, 5) is 28.0. The van der Waals surface area contributed by atoms with Gasteiger partial charge in [-0.05, 0) is 36.2 Å². The highest BCUT2D eigenvalue weighted by Crippen LogP contribution is 2.36. The molecule has 2 aromatic carbocycles. The number of rotatable bonds is 7. The number of para-hydroxylation sites is 1. The van der Waals surface area contributed by atoms with Crippen molar-refractivity contribution >= 4 is 17.5 Å². The zero-order valence-corrected chi connectivity index (χ0v) is 19.6. The molecule has 0 aliphatic carbocycles. The first-order valence-corrected chi connectivity index (χ1v) is 11.1. The highest BCUT2D eigenvalue weighted by Gasteiger charge is 2.46. The third kappa shape index (κ3) is 4.22. The molecule has 2 amide bonds. The van der Waals surface area contributed by atoms with Crippen LogP contribution in [0.1, 0.15) is 35.3 Å². The third-order valence-corrected chi connectivity index (χ3v) is 6.28. The lowest BCUT2D eigenvalue weighted by Gasteiger charge is -2.28. The lowest BCUT2D eigenvalue weighted by atomic mass is 10.0. The van der Waals surface area contributed by atoms with E-state index in [0.29, 0.717) is 17.9 Å². The molecule has 0 bridgehead atoms. The number of anilines is 1. The summed E-state index contributed by atoms with van der Waals surface area (Å²) in [6.07, 6.45) is -0.409. The molecule has 0 radical (unpaired) electrons. The van der Waals surface area contributed by atoms with Gasteiger partial charge in [0.2, 0.25) is 12.7 Å². The van der Waals surface area contributed by atoms with Crippen LogP contribution in [0.25, 0.3) is 0 Å². The lowest BCUT2D eigenvalue weighted by molar-refractivity contribution is -0.131. The first kappa shape index (κ1) is 23.7. The van der Waals surface area contributed by atoms with E-state index in [-0.39, 0.29) is 41.6 Å². The minimum atomic E-state index is -1.10. The van der Waals surface area contributed by atoms with Crippen LogP contribution in [0.2, 0.25) is 0 Å². The van der Waals surface area contributed by atoms with E-state index >= 15 is 0 Å². The molecule has 4 unspecified atom stereocenters. The number of phenols is 1. The van der Waals surface area contributed by atoms with E-state index in [2.05, 4.69) is 10.6 Å². The minimum absolute atomic E-state index is 0.116. The minimum Gasteiger partial charge on any atom is -0.505 e. The summed E-state index contributed by atoms with van der Waals surface area (Å²) in [7, 11) is 4.71. The van der Waals surface area contributed by atoms with E-state index in [4.69, 9.17) is 9.47 Å². The summed E-state index contributed by atoms with van der Waals surface area (Å²) in [5.74, 6) is 0.380. The first-order chi connectivity index (χ1) is 16.2. The molecule has 2 aromatic rings. The highest BCUT2D eigenvalue weighted by atomic mass is 16.7. The van der Waals surface area contributed by atoms with Gasteiger partial charge in [-0.15, -0.1) is 0 Å². The quantitative estimate of drug-likeness (QED) is 0.449. The summed E-state index contributed by atoms with van der Waals surface area (Å²) in [6.45, 7) is 2.17. The molecule has 0 aromatic heterocycles. The van der Waals surface area contributed by atoms with Gasteiger partial charge in [-0.2, -0.15) is 0 Å². The molecule has 1 fully saturated rings. The van der Waals surface area contributed by atoms with Crippen LogP contribution in [0.4, 0.5) is 5.69 Å². The number of carbonyl (C=O) groups is 2. The number of amides is 2. The number of fused-ring (bicyclic) bond motifs is 1. The van der Waals surface area contributed by atoms with E-state index in [1.165, 1.54) is 22.9 Å². The second-order valence-corrected chi connectivity index (χ2v) is 8.65. The van der Waals surface area contributed by atoms with Gasteiger partial charge < -0.3 is 40.1 Å². The van der Waals surface area contributed by atoms with Crippen molar-refractivity contribution in [3.63, 3.8) is 0 Å². The van der Waals surface area contributed by atoms with Crippen LogP contribution in [0, 0.1) is 0 Å². The van der Waals surface area contributed by atoms with Crippen molar-refractivity contribution in [3.8, 4) is 17.2 Å². The van der Waals surface area contributed by atoms with Gasteiger partial charge in [0.05, 0.1) is 17.3 Å². The zero-order valence-electron chi connectivity index (χ0n) is 19.6. The number of phenolic OH excluding ortho intramolecular Hbond substituents is 1. The highest BCUT2D eigenvalue weighted by molar-refractivity contribution is 5.99. The molecule has 10 heteroatoms. The predicted molar refractivity (Wildman–Crippen MR) is 125 cm³/mol. The third-order valence-electron chi connectivity index (χ3n) is 6.28. The van der Waals surface area contributed by atoms with E-state index in [0.717, 1.165) is 5.56 Å². The molecule has 0 saturated carbocycles. The lowest BCUT2D eigenvalue weighted by Crippen LogP contribution is -2.49. The molecular weight excluding hydrogens is 440 g/mol. The van der Waals surface area contributed by atoms with Crippen molar-refractivity contribution in [2.75, 3.05) is 33.3 Å². The molecule has 34 heavy (non-hydrogen) atoms. The number of carbonyl (C=O) groups excluding carboxylic acids is 2. The van der Waals surface area contributed by atoms with Crippen LogP contribution in [-0.4, -0.2) is 78.1 Å². The van der Waals surface area contributed by atoms with Crippen LogP contribution in [0.3, 0.4) is 0 Å². The number of hydrogen-bond donors (Lipinski definition) is 4. The zero-order chi connectivity index (χ0) is 24.6. The molecular formula is C24H30N4O6. The number of nitrogens with one attached hydrogen (secondary N) is 2. The SMILES string of the molecule is CCC(NC1C(Nc2cccc(C(=O)N(C)C)c2O)C(=O)N(C)C1O)c1ccc2c(c1)OCO2. The molecule has 10 nitrogen and oxygen atoms in total. The monoisotopic (exact) mass is 470 g/mol. The smallest absolute Gasteiger partial charge is 0.257 e. The molecule has 4 atom stereocenters. The summed E-state index contributed by atoms with van der Waals surface area (Å²) in [6, 6.07) is 8.63. The number of aliphatic hydroxyl groups is 1. The normalized spacial score (nSPS) is 22.1. The number of benzene rings is 2. The van der Waals surface area contributed by atoms with Gasteiger partial charge in [-0.25, -0.2) is 0 Å². The number of aliphatic hydroxyl groups excluding tert-OH is 1. The van der Waals surface area contributed by atoms with Crippen LogP contribution in [0.5, 0.6) is 17.2 Å². The van der Waals surface area contributed by atoms with Crippen molar-refractivity contribution in [1.29, 1.82) is 0 Å². The standard InChI is InChI=1S/C24H30N4O6/c1-5-15(13-9-10-17-18(11-13)34-12-33-17)25-19-20(24(32)28(4)23(19)31)26-16-8-6-7-14(21(16)29)22(30)27(2)3/h6-11,15,19-20,23,25-26,29,31H,5,12H2,1-4H3. The van der Waals surface area contributed by atoms with Crippen molar-refractivity contribution in [2.24, 2.45) is 0 Å². The summed E-state index contributed by atoms with van der Waals surface area (Å²) in [5, 5.41) is 28.0. The van der Waals surface area contributed by atoms with Crippen molar-refractivity contribution in [1.82, 2.24) is 15.1 Å². The maximum Gasteiger partial charge on any atom is 0.257 e. The molecule has 2 aliphatic rings. The Labute approximate surface area is 198 Å². The second kappa shape index (κ2) is 9.40. The summed E-state index contributed by atoms with van der Waals surface area (Å²) in [5.41, 5.74) is 1.28. The van der Waals surface area contributed by atoms with Gasteiger partial charge in [0.1, 0.15) is 12.3 Å². The Morgan fingerprint density at radius 1 is 1.24 bits per heavy atom. The molecule has 4 rings (SSSR count).